The molecule has 2 unspecified atom stereocenters. The van der Waals surface area contributed by atoms with Crippen molar-refractivity contribution in [1.29, 1.82) is 0 Å². The van der Waals surface area contributed by atoms with Crippen LogP contribution in [0.2, 0.25) is 0 Å². The molecule has 1 heterocycles. The first-order valence-electron chi connectivity index (χ1n) is 6.15. The van der Waals surface area contributed by atoms with Crippen LogP contribution in [0.1, 0.15) is 32.0 Å². The average Bonchev–Trinajstić information content (AvgIpc) is 2.75. The van der Waals surface area contributed by atoms with E-state index in [1.54, 1.807) is 0 Å². The Hall–Kier alpha value is -0.970. The summed E-state index contributed by atoms with van der Waals surface area (Å²) in [7, 11) is 0. The molecule has 5 heteroatoms. The Bertz CT molecular complexity index is 383. The van der Waals surface area contributed by atoms with Crippen molar-refractivity contribution in [1.82, 2.24) is 9.97 Å². The first-order chi connectivity index (χ1) is 8.22. The lowest BCUT2D eigenvalue weighted by Gasteiger charge is -2.20. The van der Waals surface area contributed by atoms with E-state index in [1.165, 1.54) is 19.3 Å². The van der Waals surface area contributed by atoms with Crippen molar-refractivity contribution >= 4 is 23.4 Å². The number of nitrogen functional groups attached to an aromatic ring is 1. The molecule has 3 N–H and O–H groups in total. The zero-order valence-electron chi connectivity index (χ0n) is 10.4. The molecule has 2 rings (SSSR count). The monoisotopic (exact) mass is 252 g/mol. The number of hydrogen-bond acceptors (Lipinski definition) is 5. The SMILES string of the molecule is CCc1nc(N)cc(NC2CCCC2SC)n1. The van der Waals surface area contributed by atoms with Gasteiger partial charge in [-0.05, 0) is 19.1 Å². The van der Waals surface area contributed by atoms with Crippen LogP contribution in [0.15, 0.2) is 6.07 Å². The third-order valence-corrected chi connectivity index (χ3v) is 4.37. The lowest BCUT2D eigenvalue weighted by Crippen LogP contribution is -2.26. The highest BCUT2D eigenvalue weighted by Gasteiger charge is 2.26. The fourth-order valence-electron chi connectivity index (χ4n) is 2.31. The lowest BCUT2D eigenvalue weighted by molar-refractivity contribution is 0.759. The highest BCUT2D eigenvalue weighted by Crippen LogP contribution is 2.30. The molecule has 0 radical (unpaired) electrons. The highest BCUT2D eigenvalue weighted by atomic mass is 32.2. The minimum atomic E-state index is 0.518. The molecule has 4 nitrogen and oxygen atoms in total. The van der Waals surface area contributed by atoms with Crippen LogP contribution >= 0.6 is 11.8 Å². The molecular formula is C12H20N4S. The molecule has 2 atom stereocenters. The molecule has 17 heavy (non-hydrogen) atoms. The number of aryl methyl sites for hydroxylation is 1. The summed E-state index contributed by atoms with van der Waals surface area (Å²) in [4.78, 5) is 8.66. The smallest absolute Gasteiger partial charge is 0.132 e. The van der Waals surface area contributed by atoms with E-state index in [4.69, 9.17) is 5.73 Å². The van der Waals surface area contributed by atoms with Gasteiger partial charge >= 0.3 is 0 Å². The summed E-state index contributed by atoms with van der Waals surface area (Å²) < 4.78 is 0. The molecule has 0 aromatic carbocycles. The van der Waals surface area contributed by atoms with Crippen molar-refractivity contribution in [2.75, 3.05) is 17.3 Å². The number of rotatable bonds is 4. The fourth-order valence-corrected chi connectivity index (χ4v) is 3.25. The largest absolute Gasteiger partial charge is 0.384 e. The van der Waals surface area contributed by atoms with Crippen molar-refractivity contribution in [2.45, 2.75) is 43.9 Å². The van der Waals surface area contributed by atoms with Gasteiger partial charge < -0.3 is 11.1 Å². The van der Waals surface area contributed by atoms with Gasteiger partial charge in [0, 0.05) is 23.8 Å². The molecule has 0 amide bonds. The van der Waals surface area contributed by atoms with Crippen LogP contribution in [0.25, 0.3) is 0 Å². The quantitative estimate of drug-likeness (QED) is 0.861. The molecule has 1 fully saturated rings. The van der Waals surface area contributed by atoms with Gasteiger partial charge in [-0.1, -0.05) is 13.3 Å². The fraction of sp³-hybridized carbons (Fsp3) is 0.667. The normalized spacial score (nSPS) is 23.9. The van der Waals surface area contributed by atoms with E-state index in [0.717, 1.165) is 18.1 Å². The maximum atomic E-state index is 5.78. The molecule has 0 saturated heterocycles. The third kappa shape index (κ3) is 3.03. The lowest BCUT2D eigenvalue weighted by atomic mass is 10.2. The molecule has 0 spiro atoms. The standard InChI is InChI=1S/C12H20N4S/c1-3-11-15-10(13)7-12(16-11)14-8-5-4-6-9(8)17-2/h7-9H,3-6H2,1-2H3,(H3,13,14,15,16). The summed E-state index contributed by atoms with van der Waals surface area (Å²) in [5, 5.41) is 4.20. The van der Waals surface area contributed by atoms with E-state index in [1.807, 2.05) is 24.8 Å². The Morgan fingerprint density at radius 2 is 2.29 bits per heavy atom. The maximum Gasteiger partial charge on any atom is 0.132 e. The van der Waals surface area contributed by atoms with Crippen molar-refractivity contribution in [3.05, 3.63) is 11.9 Å². The summed E-state index contributed by atoms with van der Waals surface area (Å²) in [5.41, 5.74) is 5.78. The van der Waals surface area contributed by atoms with Crippen molar-refractivity contribution in [2.24, 2.45) is 0 Å². The van der Waals surface area contributed by atoms with E-state index < -0.39 is 0 Å². The van der Waals surface area contributed by atoms with E-state index in [9.17, 15) is 0 Å². The topological polar surface area (TPSA) is 63.8 Å². The van der Waals surface area contributed by atoms with Gasteiger partial charge in [-0.2, -0.15) is 11.8 Å². The minimum Gasteiger partial charge on any atom is -0.384 e. The first kappa shape index (κ1) is 12.5. The van der Waals surface area contributed by atoms with Crippen molar-refractivity contribution in [3.63, 3.8) is 0 Å². The van der Waals surface area contributed by atoms with Gasteiger partial charge in [0.05, 0.1) is 0 Å². The van der Waals surface area contributed by atoms with Gasteiger partial charge in [0.15, 0.2) is 0 Å². The minimum absolute atomic E-state index is 0.518. The van der Waals surface area contributed by atoms with Crippen LogP contribution in [-0.2, 0) is 6.42 Å². The summed E-state index contributed by atoms with van der Waals surface area (Å²) in [6, 6.07) is 2.35. The van der Waals surface area contributed by atoms with E-state index in [2.05, 4.69) is 21.5 Å². The second kappa shape index (κ2) is 5.58. The number of anilines is 2. The molecule has 1 aliphatic carbocycles. The Balaban J connectivity index is 2.09. The van der Waals surface area contributed by atoms with E-state index in [-0.39, 0.29) is 0 Å². The van der Waals surface area contributed by atoms with Crippen LogP contribution in [0.3, 0.4) is 0 Å². The van der Waals surface area contributed by atoms with Gasteiger partial charge in [-0.25, -0.2) is 9.97 Å². The molecular weight excluding hydrogens is 232 g/mol. The highest BCUT2D eigenvalue weighted by molar-refractivity contribution is 7.99. The second-order valence-corrected chi connectivity index (χ2v) is 5.48. The predicted octanol–water partition coefficient (Wildman–Crippen LogP) is 2.32. The summed E-state index contributed by atoms with van der Waals surface area (Å²) in [5.74, 6) is 2.24. The van der Waals surface area contributed by atoms with E-state index in [0.29, 0.717) is 17.1 Å². The third-order valence-electron chi connectivity index (χ3n) is 3.20. The summed E-state index contributed by atoms with van der Waals surface area (Å²) in [6.07, 6.45) is 6.80. The Morgan fingerprint density at radius 1 is 1.47 bits per heavy atom. The first-order valence-corrected chi connectivity index (χ1v) is 7.44. The molecule has 0 aliphatic heterocycles. The summed E-state index contributed by atoms with van der Waals surface area (Å²) >= 11 is 1.94. The molecule has 1 aliphatic rings. The van der Waals surface area contributed by atoms with Gasteiger partial charge in [-0.3, -0.25) is 0 Å². The van der Waals surface area contributed by atoms with Crippen LogP contribution in [-0.4, -0.2) is 27.5 Å². The van der Waals surface area contributed by atoms with Gasteiger partial charge in [0.2, 0.25) is 0 Å². The number of aromatic nitrogens is 2. The van der Waals surface area contributed by atoms with Crippen molar-refractivity contribution in [3.8, 4) is 0 Å². The number of nitrogens with zero attached hydrogens (tertiary/aromatic N) is 2. The van der Waals surface area contributed by atoms with Crippen LogP contribution in [0.4, 0.5) is 11.6 Å². The van der Waals surface area contributed by atoms with Crippen LogP contribution in [0, 0.1) is 0 Å². The second-order valence-electron chi connectivity index (χ2n) is 4.40. The zero-order valence-corrected chi connectivity index (χ0v) is 11.3. The van der Waals surface area contributed by atoms with E-state index >= 15 is 0 Å². The molecule has 1 aromatic heterocycles. The van der Waals surface area contributed by atoms with Gasteiger partial charge in [-0.15, -0.1) is 0 Å². The van der Waals surface area contributed by atoms with Gasteiger partial charge in [0.25, 0.3) is 0 Å². The number of nitrogens with one attached hydrogen (secondary N) is 1. The zero-order chi connectivity index (χ0) is 12.3. The Kier molecular flexibility index (Phi) is 4.10. The Labute approximate surface area is 107 Å². The van der Waals surface area contributed by atoms with Gasteiger partial charge in [0.1, 0.15) is 17.5 Å². The number of nitrogens with two attached hydrogens (primary N) is 1. The molecule has 1 saturated carbocycles. The number of hydrogen-bond donors (Lipinski definition) is 2. The van der Waals surface area contributed by atoms with Crippen molar-refractivity contribution < 1.29 is 0 Å². The van der Waals surface area contributed by atoms with Crippen LogP contribution < -0.4 is 11.1 Å². The van der Waals surface area contributed by atoms with Crippen LogP contribution in [0.5, 0.6) is 0 Å². The molecule has 1 aromatic rings. The molecule has 0 bridgehead atoms. The Morgan fingerprint density at radius 3 is 3.00 bits per heavy atom. The average molecular weight is 252 g/mol. The maximum absolute atomic E-state index is 5.78. The summed E-state index contributed by atoms with van der Waals surface area (Å²) in [6.45, 7) is 2.04. The predicted molar refractivity (Wildman–Crippen MR) is 74.4 cm³/mol. The number of thioether (sulfide) groups is 1. The molecule has 94 valence electrons.